The van der Waals surface area contributed by atoms with Gasteiger partial charge in [0, 0.05) is 12.2 Å². The number of benzene rings is 1. The van der Waals surface area contributed by atoms with Crippen LogP contribution in [0.3, 0.4) is 0 Å². The minimum absolute atomic E-state index is 0.119. The number of aromatic nitrogens is 1. The monoisotopic (exact) mass is 353 g/mol. The molecule has 0 radical (unpaired) electrons. The molecule has 0 bridgehead atoms. The fourth-order valence-electron chi connectivity index (χ4n) is 3.11. The van der Waals surface area contributed by atoms with E-state index in [4.69, 9.17) is 4.74 Å². The fourth-order valence-corrected chi connectivity index (χ4v) is 3.11. The SMILES string of the molecule is CCOC(=O)c1ccccc1Nc1cncc(C(=O)NC2CCCC2)c1. The lowest BCUT2D eigenvalue weighted by molar-refractivity contribution is 0.0527. The van der Waals surface area contributed by atoms with E-state index in [1.165, 1.54) is 0 Å². The van der Waals surface area contributed by atoms with Crippen molar-refractivity contribution >= 4 is 23.3 Å². The van der Waals surface area contributed by atoms with Crippen LogP contribution in [0.1, 0.15) is 53.3 Å². The van der Waals surface area contributed by atoms with E-state index in [9.17, 15) is 9.59 Å². The maximum Gasteiger partial charge on any atom is 0.340 e. The zero-order valence-corrected chi connectivity index (χ0v) is 14.8. The van der Waals surface area contributed by atoms with E-state index in [2.05, 4.69) is 15.6 Å². The Kier molecular flexibility index (Phi) is 5.84. The Labute approximate surface area is 153 Å². The number of hydrogen-bond donors (Lipinski definition) is 2. The molecule has 6 nitrogen and oxygen atoms in total. The van der Waals surface area contributed by atoms with E-state index in [1.54, 1.807) is 43.6 Å². The van der Waals surface area contributed by atoms with Gasteiger partial charge in [0.1, 0.15) is 0 Å². The number of nitrogens with one attached hydrogen (secondary N) is 2. The number of carbonyl (C=O) groups excluding carboxylic acids is 2. The number of carbonyl (C=O) groups is 2. The third-order valence-corrected chi connectivity index (χ3v) is 4.39. The lowest BCUT2D eigenvalue weighted by Crippen LogP contribution is -2.32. The standard InChI is InChI=1S/C20H23N3O3/c1-2-26-20(25)17-9-5-6-10-18(17)22-16-11-14(12-21-13-16)19(24)23-15-7-3-4-8-15/h5-6,9-13,15,22H,2-4,7-8H2,1H3,(H,23,24). The summed E-state index contributed by atoms with van der Waals surface area (Å²) < 4.78 is 5.08. The zero-order chi connectivity index (χ0) is 18.4. The van der Waals surface area contributed by atoms with E-state index >= 15 is 0 Å². The van der Waals surface area contributed by atoms with E-state index in [1.807, 2.05) is 6.07 Å². The van der Waals surface area contributed by atoms with Gasteiger partial charge in [-0.05, 0) is 38.0 Å². The highest BCUT2D eigenvalue weighted by atomic mass is 16.5. The quantitative estimate of drug-likeness (QED) is 0.775. The van der Waals surface area contributed by atoms with Gasteiger partial charge >= 0.3 is 5.97 Å². The van der Waals surface area contributed by atoms with Crippen LogP contribution in [0.25, 0.3) is 0 Å². The predicted molar refractivity (Wildman–Crippen MR) is 99.6 cm³/mol. The van der Waals surface area contributed by atoms with Gasteiger partial charge in [-0.1, -0.05) is 25.0 Å². The maximum absolute atomic E-state index is 12.4. The number of para-hydroxylation sites is 1. The maximum atomic E-state index is 12.4. The number of esters is 1. The van der Waals surface area contributed by atoms with E-state index in [0.717, 1.165) is 25.7 Å². The first kappa shape index (κ1) is 17.9. The largest absolute Gasteiger partial charge is 0.462 e. The summed E-state index contributed by atoms with van der Waals surface area (Å²) in [7, 11) is 0. The Balaban J connectivity index is 1.75. The number of pyridine rings is 1. The van der Waals surface area contributed by atoms with Crippen LogP contribution in [0.5, 0.6) is 0 Å². The van der Waals surface area contributed by atoms with Crippen LogP contribution < -0.4 is 10.6 Å². The molecule has 26 heavy (non-hydrogen) atoms. The van der Waals surface area contributed by atoms with Crippen LogP contribution in [-0.2, 0) is 4.74 Å². The van der Waals surface area contributed by atoms with E-state index in [0.29, 0.717) is 29.1 Å². The molecule has 3 rings (SSSR count). The molecule has 1 aliphatic carbocycles. The summed E-state index contributed by atoms with van der Waals surface area (Å²) in [6.07, 6.45) is 7.56. The van der Waals surface area contributed by atoms with Gasteiger partial charge < -0.3 is 15.4 Å². The molecule has 1 heterocycles. The molecule has 1 aromatic carbocycles. The van der Waals surface area contributed by atoms with Crippen molar-refractivity contribution in [1.29, 1.82) is 0 Å². The number of rotatable bonds is 6. The summed E-state index contributed by atoms with van der Waals surface area (Å²) in [5.74, 6) is -0.509. The lowest BCUT2D eigenvalue weighted by Gasteiger charge is -2.14. The molecule has 0 unspecified atom stereocenters. The molecule has 0 spiro atoms. The molecule has 136 valence electrons. The first-order valence-electron chi connectivity index (χ1n) is 8.96. The molecule has 2 N–H and O–H groups in total. The van der Waals surface area contributed by atoms with Gasteiger partial charge in [-0.3, -0.25) is 9.78 Å². The summed E-state index contributed by atoms with van der Waals surface area (Å²) in [5.41, 5.74) is 2.19. The van der Waals surface area contributed by atoms with Crippen LogP contribution in [-0.4, -0.2) is 29.5 Å². The molecule has 0 saturated heterocycles. The molecule has 1 aliphatic rings. The van der Waals surface area contributed by atoms with Crippen molar-refractivity contribution in [2.45, 2.75) is 38.6 Å². The topological polar surface area (TPSA) is 80.3 Å². The third kappa shape index (κ3) is 4.39. The summed E-state index contributed by atoms with van der Waals surface area (Å²) in [5, 5.41) is 6.21. The van der Waals surface area contributed by atoms with Crippen molar-refractivity contribution in [2.75, 3.05) is 11.9 Å². The Morgan fingerprint density at radius 3 is 2.73 bits per heavy atom. The van der Waals surface area contributed by atoms with Crippen LogP contribution in [0.2, 0.25) is 0 Å². The average molecular weight is 353 g/mol. The smallest absolute Gasteiger partial charge is 0.340 e. The normalized spacial score (nSPS) is 14.0. The number of nitrogens with zero attached hydrogens (tertiary/aromatic N) is 1. The molecule has 0 aliphatic heterocycles. The number of ether oxygens (including phenoxy) is 1. The molecule has 0 atom stereocenters. The van der Waals surface area contributed by atoms with Crippen molar-refractivity contribution < 1.29 is 14.3 Å². The molecule has 6 heteroatoms. The molecule has 1 fully saturated rings. The van der Waals surface area contributed by atoms with Crippen molar-refractivity contribution in [3.05, 3.63) is 53.9 Å². The molecule has 1 amide bonds. The van der Waals surface area contributed by atoms with Crippen molar-refractivity contribution in [3.63, 3.8) is 0 Å². The molecular weight excluding hydrogens is 330 g/mol. The highest BCUT2D eigenvalue weighted by Crippen LogP contribution is 2.22. The highest BCUT2D eigenvalue weighted by Gasteiger charge is 2.18. The van der Waals surface area contributed by atoms with E-state index in [-0.39, 0.29) is 11.9 Å². The Hall–Kier alpha value is -2.89. The second-order valence-corrected chi connectivity index (χ2v) is 6.31. The summed E-state index contributed by atoms with van der Waals surface area (Å²) in [6, 6.07) is 9.08. The zero-order valence-electron chi connectivity index (χ0n) is 14.8. The second-order valence-electron chi connectivity index (χ2n) is 6.31. The summed E-state index contributed by atoms with van der Waals surface area (Å²) in [4.78, 5) is 28.6. The third-order valence-electron chi connectivity index (χ3n) is 4.39. The minimum Gasteiger partial charge on any atom is -0.462 e. The van der Waals surface area contributed by atoms with Gasteiger partial charge in [-0.2, -0.15) is 0 Å². The fraction of sp³-hybridized carbons (Fsp3) is 0.350. The van der Waals surface area contributed by atoms with Gasteiger partial charge in [-0.25, -0.2) is 4.79 Å². The van der Waals surface area contributed by atoms with Crippen LogP contribution in [0.4, 0.5) is 11.4 Å². The predicted octanol–water partition coefficient (Wildman–Crippen LogP) is 3.67. The first-order chi connectivity index (χ1) is 12.7. The van der Waals surface area contributed by atoms with Gasteiger partial charge in [0.2, 0.25) is 0 Å². The Bertz CT molecular complexity index is 785. The Morgan fingerprint density at radius 1 is 1.19 bits per heavy atom. The number of anilines is 2. The van der Waals surface area contributed by atoms with Crippen molar-refractivity contribution in [2.24, 2.45) is 0 Å². The molecular formula is C20H23N3O3. The van der Waals surface area contributed by atoms with Gasteiger partial charge in [0.25, 0.3) is 5.91 Å². The number of hydrogen-bond acceptors (Lipinski definition) is 5. The Morgan fingerprint density at radius 2 is 1.96 bits per heavy atom. The second kappa shape index (κ2) is 8.47. The first-order valence-corrected chi connectivity index (χ1v) is 8.96. The highest BCUT2D eigenvalue weighted by molar-refractivity contribution is 5.97. The molecule has 1 saturated carbocycles. The van der Waals surface area contributed by atoms with Crippen LogP contribution in [0, 0.1) is 0 Å². The summed E-state index contributed by atoms with van der Waals surface area (Å²) in [6.45, 7) is 2.08. The van der Waals surface area contributed by atoms with E-state index < -0.39 is 5.97 Å². The van der Waals surface area contributed by atoms with Crippen molar-refractivity contribution in [1.82, 2.24) is 10.3 Å². The van der Waals surface area contributed by atoms with Crippen molar-refractivity contribution in [3.8, 4) is 0 Å². The van der Waals surface area contributed by atoms with Crippen LogP contribution in [0.15, 0.2) is 42.7 Å². The van der Waals surface area contributed by atoms with Gasteiger partial charge in [-0.15, -0.1) is 0 Å². The molecule has 1 aromatic heterocycles. The van der Waals surface area contributed by atoms with Gasteiger partial charge in [0.15, 0.2) is 0 Å². The van der Waals surface area contributed by atoms with Gasteiger partial charge in [0.05, 0.1) is 35.3 Å². The lowest BCUT2D eigenvalue weighted by atomic mass is 10.1. The average Bonchev–Trinajstić information content (AvgIpc) is 3.15. The summed E-state index contributed by atoms with van der Waals surface area (Å²) >= 11 is 0. The molecule has 2 aromatic rings. The minimum atomic E-state index is -0.390. The number of amides is 1. The van der Waals surface area contributed by atoms with Crippen LogP contribution >= 0.6 is 0 Å².